The van der Waals surface area contributed by atoms with Crippen molar-refractivity contribution in [2.24, 2.45) is 0 Å². The molecular formula is C15H16BrNO3. The van der Waals surface area contributed by atoms with E-state index in [9.17, 15) is 9.90 Å². The minimum Gasteiger partial charge on any atom is -0.491 e. The number of carboxylic acid groups (broad SMARTS) is 1. The van der Waals surface area contributed by atoms with Crippen LogP contribution in [0.3, 0.4) is 0 Å². The molecule has 0 bridgehead atoms. The van der Waals surface area contributed by atoms with Crippen LogP contribution in [-0.2, 0) is 0 Å². The van der Waals surface area contributed by atoms with Crippen LogP contribution in [0, 0.1) is 0 Å². The number of ether oxygens (including phenoxy) is 1. The molecule has 0 amide bonds. The van der Waals surface area contributed by atoms with Crippen LogP contribution in [0.4, 0.5) is 0 Å². The predicted octanol–water partition coefficient (Wildman–Crippen LogP) is 3.24. The van der Waals surface area contributed by atoms with E-state index in [1.807, 2.05) is 37.2 Å². The summed E-state index contributed by atoms with van der Waals surface area (Å²) in [6, 6.07) is 9.18. The van der Waals surface area contributed by atoms with Gasteiger partial charge < -0.3 is 14.7 Å². The van der Waals surface area contributed by atoms with Crippen LogP contribution in [0.1, 0.15) is 10.4 Å². The molecule has 0 saturated carbocycles. The fourth-order valence-electron chi connectivity index (χ4n) is 1.87. The minimum atomic E-state index is -0.980. The van der Waals surface area contributed by atoms with Crippen molar-refractivity contribution in [3.8, 4) is 5.75 Å². The number of hydrogen-bond acceptors (Lipinski definition) is 3. The van der Waals surface area contributed by atoms with Gasteiger partial charge in [-0.25, -0.2) is 4.79 Å². The summed E-state index contributed by atoms with van der Waals surface area (Å²) < 4.78 is 6.53. The molecule has 20 heavy (non-hydrogen) atoms. The second-order valence-corrected chi connectivity index (χ2v) is 5.71. The number of benzene rings is 2. The standard InChI is InChI=1S/C15H16BrNO3/c1-17(2)5-6-20-14-9-10-3-4-12(16)7-11(10)8-13(14)15(18)19/h3-4,7-9H,5-6H2,1-2H3,(H,18,19). The van der Waals surface area contributed by atoms with Gasteiger partial charge in [-0.2, -0.15) is 0 Å². The lowest BCUT2D eigenvalue weighted by Crippen LogP contribution is -2.20. The largest absolute Gasteiger partial charge is 0.491 e. The van der Waals surface area contributed by atoms with Crippen molar-refractivity contribution >= 4 is 32.7 Å². The van der Waals surface area contributed by atoms with Gasteiger partial charge in [-0.3, -0.25) is 0 Å². The number of fused-ring (bicyclic) bond motifs is 1. The molecule has 0 spiro atoms. The van der Waals surface area contributed by atoms with Gasteiger partial charge in [-0.15, -0.1) is 0 Å². The molecule has 2 aromatic carbocycles. The first-order chi connectivity index (χ1) is 9.47. The summed E-state index contributed by atoms with van der Waals surface area (Å²) in [5.74, 6) is -0.569. The maximum atomic E-state index is 11.3. The summed E-state index contributed by atoms with van der Waals surface area (Å²) in [7, 11) is 3.89. The lowest BCUT2D eigenvalue weighted by molar-refractivity contribution is 0.0692. The van der Waals surface area contributed by atoms with E-state index in [1.54, 1.807) is 12.1 Å². The van der Waals surface area contributed by atoms with E-state index >= 15 is 0 Å². The van der Waals surface area contributed by atoms with Gasteiger partial charge in [0.1, 0.15) is 17.9 Å². The highest BCUT2D eigenvalue weighted by atomic mass is 79.9. The van der Waals surface area contributed by atoms with Crippen LogP contribution >= 0.6 is 15.9 Å². The molecule has 0 aromatic heterocycles. The first kappa shape index (κ1) is 14.8. The molecule has 0 aliphatic rings. The second kappa shape index (κ2) is 6.24. The van der Waals surface area contributed by atoms with Crippen LogP contribution in [0.15, 0.2) is 34.8 Å². The average Bonchev–Trinajstić information content (AvgIpc) is 2.37. The fraction of sp³-hybridized carbons (Fsp3) is 0.267. The van der Waals surface area contributed by atoms with E-state index in [-0.39, 0.29) is 5.56 Å². The maximum absolute atomic E-state index is 11.3. The van der Waals surface area contributed by atoms with Crippen molar-refractivity contribution in [1.29, 1.82) is 0 Å². The predicted molar refractivity (Wildman–Crippen MR) is 82.7 cm³/mol. The van der Waals surface area contributed by atoms with E-state index in [1.165, 1.54) is 0 Å². The molecule has 2 rings (SSSR count). The van der Waals surface area contributed by atoms with Crippen LogP contribution in [0.25, 0.3) is 10.8 Å². The number of hydrogen-bond donors (Lipinski definition) is 1. The average molecular weight is 338 g/mol. The summed E-state index contributed by atoms with van der Waals surface area (Å²) >= 11 is 3.39. The Balaban J connectivity index is 2.38. The number of aromatic carboxylic acids is 1. The summed E-state index contributed by atoms with van der Waals surface area (Å²) in [5.41, 5.74) is 0.189. The molecule has 2 aromatic rings. The molecule has 1 N–H and O–H groups in total. The van der Waals surface area contributed by atoms with Crippen LogP contribution in [-0.4, -0.2) is 43.2 Å². The van der Waals surface area contributed by atoms with Crippen molar-refractivity contribution < 1.29 is 14.6 Å². The number of nitrogens with zero attached hydrogens (tertiary/aromatic N) is 1. The van der Waals surface area contributed by atoms with E-state index in [4.69, 9.17) is 4.74 Å². The monoisotopic (exact) mass is 337 g/mol. The van der Waals surface area contributed by atoms with Gasteiger partial charge in [0.2, 0.25) is 0 Å². The first-order valence-electron chi connectivity index (χ1n) is 6.21. The number of halogens is 1. The van der Waals surface area contributed by atoms with Crippen molar-refractivity contribution in [2.75, 3.05) is 27.2 Å². The molecule has 4 nitrogen and oxygen atoms in total. The zero-order valence-corrected chi connectivity index (χ0v) is 13.0. The lowest BCUT2D eigenvalue weighted by Gasteiger charge is -2.13. The van der Waals surface area contributed by atoms with E-state index < -0.39 is 5.97 Å². The second-order valence-electron chi connectivity index (χ2n) is 4.80. The molecular weight excluding hydrogens is 322 g/mol. The summed E-state index contributed by atoms with van der Waals surface area (Å²) in [5, 5.41) is 11.1. The van der Waals surface area contributed by atoms with Gasteiger partial charge in [0.05, 0.1) is 0 Å². The maximum Gasteiger partial charge on any atom is 0.339 e. The third-order valence-corrected chi connectivity index (χ3v) is 3.42. The highest BCUT2D eigenvalue weighted by molar-refractivity contribution is 9.10. The molecule has 0 fully saturated rings. The smallest absolute Gasteiger partial charge is 0.339 e. The molecule has 0 radical (unpaired) electrons. The number of rotatable bonds is 5. The number of carboxylic acids is 1. The third-order valence-electron chi connectivity index (χ3n) is 2.93. The Kier molecular flexibility index (Phi) is 4.62. The van der Waals surface area contributed by atoms with Crippen molar-refractivity contribution in [2.45, 2.75) is 0 Å². The molecule has 0 atom stereocenters. The zero-order valence-electron chi connectivity index (χ0n) is 11.4. The minimum absolute atomic E-state index is 0.189. The van der Waals surface area contributed by atoms with E-state index in [0.29, 0.717) is 12.4 Å². The van der Waals surface area contributed by atoms with Gasteiger partial charge in [0, 0.05) is 11.0 Å². The van der Waals surface area contributed by atoms with Crippen molar-refractivity contribution in [3.63, 3.8) is 0 Å². The van der Waals surface area contributed by atoms with Gasteiger partial charge in [-0.1, -0.05) is 22.0 Å². The molecule has 0 unspecified atom stereocenters. The van der Waals surface area contributed by atoms with Crippen LogP contribution in [0.5, 0.6) is 5.75 Å². The fourth-order valence-corrected chi connectivity index (χ4v) is 2.25. The lowest BCUT2D eigenvalue weighted by atomic mass is 10.1. The Morgan fingerprint density at radius 1 is 1.25 bits per heavy atom. The number of likely N-dealkylation sites (N-methyl/N-ethyl adjacent to an activating group) is 1. The summed E-state index contributed by atoms with van der Waals surface area (Å²) in [6.45, 7) is 1.19. The van der Waals surface area contributed by atoms with Crippen LogP contribution < -0.4 is 4.74 Å². The van der Waals surface area contributed by atoms with Crippen LogP contribution in [0.2, 0.25) is 0 Å². The Morgan fingerprint density at radius 3 is 2.65 bits per heavy atom. The molecule has 0 aliphatic carbocycles. The third kappa shape index (κ3) is 3.49. The van der Waals surface area contributed by atoms with Gasteiger partial charge in [0.25, 0.3) is 0 Å². The Hall–Kier alpha value is -1.59. The molecule has 5 heteroatoms. The van der Waals surface area contributed by atoms with Gasteiger partial charge in [-0.05, 0) is 49.1 Å². The zero-order chi connectivity index (χ0) is 14.7. The van der Waals surface area contributed by atoms with Crippen molar-refractivity contribution in [3.05, 3.63) is 40.4 Å². The highest BCUT2D eigenvalue weighted by Gasteiger charge is 2.13. The summed E-state index contributed by atoms with van der Waals surface area (Å²) in [6.07, 6.45) is 0. The van der Waals surface area contributed by atoms with E-state index in [0.717, 1.165) is 21.8 Å². The SMILES string of the molecule is CN(C)CCOc1cc2ccc(Br)cc2cc1C(=O)O. The Morgan fingerprint density at radius 2 is 2.00 bits per heavy atom. The molecule has 106 valence electrons. The van der Waals surface area contributed by atoms with E-state index in [2.05, 4.69) is 15.9 Å². The topological polar surface area (TPSA) is 49.8 Å². The summed E-state index contributed by atoms with van der Waals surface area (Å²) in [4.78, 5) is 13.3. The molecule has 0 saturated heterocycles. The van der Waals surface area contributed by atoms with Gasteiger partial charge in [0.15, 0.2) is 0 Å². The highest BCUT2D eigenvalue weighted by Crippen LogP contribution is 2.28. The Labute approximate surface area is 126 Å². The normalized spacial score (nSPS) is 11.0. The number of carbonyl (C=O) groups is 1. The molecule has 0 aliphatic heterocycles. The van der Waals surface area contributed by atoms with Crippen molar-refractivity contribution in [1.82, 2.24) is 4.90 Å². The van der Waals surface area contributed by atoms with Gasteiger partial charge >= 0.3 is 5.97 Å². The first-order valence-corrected chi connectivity index (χ1v) is 7.01. The quantitative estimate of drug-likeness (QED) is 0.909. The molecule has 0 heterocycles. The Bertz CT molecular complexity index is 640.